The molecular weight excluding hydrogens is 456 g/mol. The second-order valence-corrected chi connectivity index (χ2v) is 8.45. The van der Waals surface area contributed by atoms with Gasteiger partial charge in [0.25, 0.3) is 5.56 Å². The largest absolute Gasteiger partial charge is 0.497 e. The zero-order valence-corrected chi connectivity index (χ0v) is 20.1. The quantitative estimate of drug-likeness (QED) is 0.364. The van der Waals surface area contributed by atoms with Crippen molar-refractivity contribution >= 4 is 27.8 Å². The highest BCUT2D eigenvalue weighted by Gasteiger charge is 2.18. The van der Waals surface area contributed by atoms with Crippen LogP contribution in [0.2, 0.25) is 0 Å². The first-order valence-corrected chi connectivity index (χ1v) is 11.6. The van der Waals surface area contributed by atoms with Gasteiger partial charge in [0.05, 0.1) is 32.6 Å². The topological polar surface area (TPSA) is 87.4 Å². The van der Waals surface area contributed by atoms with E-state index >= 15 is 0 Å². The van der Waals surface area contributed by atoms with Crippen molar-refractivity contribution in [1.29, 1.82) is 0 Å². The Hall–Kier alpha value is -4.59. The molecule has 0 atom stereocenters. The summed E-state index contributed by atoms with van der Waals surface area (Å²) in [5.74, 6) is 1.28. The second-order valence-electron chi connectivity index (χ2n) is 8.45. The number of hydrogen-bond acceptors (Lipinski definition) is 5. The molecule has 0 bridgehead atoms. The minimum atomic E-state index is -0.203. The lowest BCUT2D eigenvalue weighted by Gasteiger charge is -2.11. The minimum Gasteiger partial charge on any atom is -0.497 e. The van der Waals surface area contributed by atoms with Crippen molar-refractivity contribution in [3.8, 4) is 11.5 Å². The van der Waals surface area contributed by atoms with Crippen LogP contribution in [0.15, 0.2) is 83.9 Å². The molecule has 36 heavy (non-hydrogen) atoms. The van der Waals surface area contributed by atoms with Gasteiger partial charge in [-0.1, -0.05) is 42.5 Å². The Morgan fingerprint density at radius 2 is 1.69 bits per heavy atom. The van der Waals surface area contributed by atoms with Gasteiger partial charge in [-0.25, -0.2) is 4.98 Å². The van der Waals surface area contributed by atoms with E-state index in [-0.39, 0.29) is 18.0 Å². The van der Waals surface area contributed by atoms with Crippen LogP contribution in [0.3, 0.4) is 0 Å². The van der Waals surface area contributed by atoms with Gasteiger partial charge in [-0.3, -0.25) is 14.2 Å². The van der Waals surface area contributed by atoms with Gasteiger partial charge in [0, 0.05) is 11.9 Å². The molecule has 0 spiro atoms. The molecule has 0 aliphatic heterocycles. The van der Waals surface area contributed by atoms with Crippen LogP contribution in [0.1, 0.15) is 11.1 Å². The predicted octanol–water partition coefficient (Wildman–Crippen LogP) is 3.73. The number of nitrogens with zero attached hydrogens (tertiary/aromatic N) is 3. The van der Waals surface area contributed by atoms with Crippen LogP contribution >= 0.6 is 0 Å². The monoisotopic (exact) mass is 482 g/mol. The normalized spacial score (nSPS) is 11.1. The third-order valence-corrected chi connectivity index (χ3v) is 6.17. The van der Waals surface area contributed by atoms with E-state index in [0.717, 1.165) is 33.5 Å². The molecule has 0 fully saturated rings. The molecule has 0 radical (unpaired) electrons. The Labute approximate surface area is 207 Å². The number of aromatic nitrogens is 3. The van der Waals surface area contributed by atoms with Gasteiger partial charge in [0.15, 0.2) is 0 Å². The van der Waals surface area contributed by atoms with E-state index in [4.69, 9.17) is 9.47 Å². The number of hydrogen-bond donors (Lipinski definition) is 1. The summed E-state index contributed by atoms with van der Waals surface area (Å²) in [5.41, 5.74) is 3.44. The molecule has 5 aromatic rings. The zero-order valence-electron chi connectivity index (χ0n) is 20.1. The Kier molecular flexibility index (Phi) is 6.40. The molecule has 2 heterocycles. The van der Waals surface area contributed by atoms with Crippen molar-refractivity contribution < 1.29 is 14.3 Å². The summed E-state index contributed by atoms with van der Waals surface area (Å²) < 4.78 is 13.8. The van der Waals surface area contributed by atoms with Crippen LogP contribution in [-0.4, -0.2) is 34.2 Å². The van der Waals surface area contributed by atoms with E-state index < -0.39 is 0 Å². The van der Waals surface area contributed by atoms with Crippen molar-refractivity contribution in [2.24, 2.45) is 0 Å². The highest BCUT2D eigenvalue weighted by Crippen LogP contribution is 2.25. The van der Waals surface area contributed by atoms with Crippen LogP contribution in [-0.2, 0) is 24.4 Å². The highest BCUT2D eigenvalue weighted by molar-refractivity contribution is 6.06. The maximum absolute atomic E-state index is 13.6. The molecule has 8 heteroatoms. The van der Waals surface area contributed by atoms with E-state index in [0.29, 0.717) is 24.1 Å². The average molecular weight is 483 g/mol. The fourth-order valence-electron chi connectivity index (χ4n) is 4.34. The van der Waals surface area contributed by atoms with Gasteiger partial charge < -0.3 is 19.4 Å². The predicted molar refractivity (Wildman–Crippen MR) is 138 cm³/mol. The molecular formula is C28H26N4O4. The van der Waals surface area contributed by atoms with E-state index in [2.05, 4.69) is 10.3 Å². The van der Waals surface area contributed by atoms with Gasteiger partial charge >= 0.3 is 0 Å². The molecule has 8 nitrogen and oxygen atoms in total. The van der Waals surface area contributed by atoms with E-state index in [1.807, 2.05) is 72.8 Å². The second kappa shape index (κ2) is 9.95. The number of benzene rings is 3. The van der Waals surface area contributed by atoms with Crippen LogP contribution < -0.4 is 20.3 Å². The van der Waals surface area contributed by atoms with Crippen molar-refractivity contribution in [1.82, 2.24) is 19.4 Å². The third-order valence-electron chi connectivity index (χ3n) is 6.17. The molecule has 1 amide bonds. The number of ether oxygens (including phenoxy) is 2. The highest BCUT2D eigenvalue weighted by atomic mass is 16.5. The Balaban J connectivity index is 1.47. The lowest BCUT2D eigenvalue weighted by atomic mass is 10.2. The van der Waals surface area contributed by atoms with Gasteiger partial charge in [-0.15, -0.1) is 0 Å². The summed E-state index contributed by atoms with van der Waals surface area (Å²) in [4.78, 5) is 31.2. The first kappa shape index (κ1) is 23.2. The zero-order chi connectivity index (χ0) is 25.1. The lowest BCUT2D eigenvalue weighted by Crippen LogP contribution is -2.29. The van der Waals surface area contributed by atoms with Crippen molar-refractivity contribution in [2.45, 2.75) is 19.6 Å². The smallest absolute Gasteiger partial charge is 0.278 e. The van der Waals surface area contributed by atoms with E-state index in [1.54, 1.807) is 29.7 Å². The fraction of sp³-hybridized carbons (Fsp3) is 0.179. The molecule has 3 aromatic carbocycles. The molecule has 0 saturated heterocycles. The summed E-state index contributed by atoms with van der Waals surface area (Å²) in [5, 5.41) is 3.78. The van der Waals surface area contributed by atoms with Gasteiger partial charge in [0.2, 0.25) is 5.91 Å². The number of rotatable bonds is 8. The Morgan fingerprint density at radius 1 is 0.917 bits per heavy atom. The molecule has 0 aliphatic rings. The number of carbonyl (C=O) groups is 1. The van der Waals surface area contributed by atoms with Gasteiger partial charge in [-0.2, -0.15) is 0 Å². The summed E-state index contributed by atoms with van der Waals surface area (Å²) in [6, 6.07) is 22.7. The molecule has 0 unspecified atom stereocenters. The van der Waals surface area contributed by atoms with Crippen molar-refractivity contribution in [2.75, 3.05) is 14.2 Å². The number of amides is 1. The Bertz CT molecular complexity index is 1600. The standard InChI is InChI=1S/C28H26N4O4/c1-35-21-12-10-19(11-13-21)16-31-18-30-26-23-8-3-4-9-24(23)32(27(26)28(31)34)17-25(33)29-15-20-6-5-7-22(14-20)36-2/h3-14,18H,15-17H2,1-2H3,(H,29,33). The number of fused-ring (bicyclic) bond motifs is 3. The van der Waals surface area contributed by atoms with Crippen LogP contribution in [0, 0.1) is 0 Å². The van der Waals surface area contributed by atoms with Crippen LogP contribution in [0.5, 0.6) is 11.5 Å². The van der Waals surface area contributed by atoms with Crippen LogP contribution in [0.25, 0.3) is 21.9 Å². The molecule has 1 N–H and O–H groups in total. The summed E-state index contributed by atoms with van der Waals surface area (Å²) in [7, 11) is 3.22. The number of para-hydroxylation sites is 1. The van der Waals surface area contributed by atoms with E-state index in [9.17, 15) is 9.59 Å². The maximum atomic E-state index is 13.6. The molecule has 2 aromatic heterocycles. The minimum absolute atomic E-state index is 0.00253. The third kappa shape index (κ3) is 4.53. The SMILES string of the molecule is COc1ccc(Cn2cnc3c4ccccc4n(CC(=O)NCc4cccc(OC)c4)c3c2=O)cc1. The molecule has 0 saturated carbocycles. The number of carbonyl (C=O) groups excluding carboxylic acids is 1. The summed E-state index contributed by atoms with van der Waals surface area (Å²) in [6.45, 7) is 0.708. The number of methoxy groups -OCH3 is 2. The fourth-order valence-corrected chi connectivity index (χ4v) is 4.34. The van der Waals surface area contributed by atoms with Crippen molar-refractivity contribution in [3.05, 3.63) is 101 Å². The van der Waals surface area contributed by atoms with E-state index in [1.165, 1.54) is 0 Å². The summed E-state index contributed by atoms with van der Waals surface area (Å²) >= 11 is 0. The van der Waals surface area contributed by atoms with Crippen molar-refractivity contribution in [3.63, 3.8) is 0 Å². The van der Waals surface area contributed by atoms with Crippen LogP contribution in [0.4, 0.5) is 0 Å². The molecule has 5 rings (SSSR count). The first-order chi connectivity index (χ1) is 17.6. The average Bonchev–Trinajstić information content (AvgIpc) is 3.23. The molecule has 182 valence electrons. The number of nitrogens with one attached hydrogen (secondary N) is 1. The summed E-state index contributed by atoms with van der Waals surface area (Å²) in [6.07, 6.45) is 1.56. The Morgan fingerprint density at radius 3 is 2.47 bits per heavy atom. The molecule has 0 aliphatic carbocycles. The van der Waals surface area contributed by atoms with Gasteiger partial charge in [0.1, 0.15) is 29.1 Å². The van der Waals surface area contributed by atoms with Gasteiger partial charge in [-0.05, 0) is 41.5 Å². The first-order valence-electron chi connectivity index (χ1n) is 11.6. The lowest BCUT2D eigenvalue weighted by molar-refractivity contribution is -0.121. The maximum Gasteiger partial charge on any atom is 0.278 e.